The Morgan fingerprint density at radius 1 is 1.19 bits per heavy atom. The van der Waals surface area contributed by atoms with Gasteiger partial charge in [0, 0.05) is 5.02 Å². The molecule has 0 heterocycles. The van der Waals surface area contributed by atoms with E-state index in [9.17, 15) is 19.1 Å². The van der Waals surface area contributed by atoms with Crippen LogP contribution in [0.25, 0.3) is 0 Å². The number of rotatable bonds is 3. The number of carbonyl (C=O) groups excluding carboxylic acids is 1. The van der Waals surface area contributed by atoms with Gasteiger partial charge in [-0.15, -0.1) is 0 Å². The van der Waals surface area contributed by atoms with Crippen molar-refractivity contribution in [2.45, 2.75) is 0 Å². The zero-order valence-electron chi connectivity index (χ0n) is 10.4. The van der Waals surface area contributed by atoms with Crippen LogP contribution in [0.15, 0.2) is 36.4 Å². The first-order chi connectivity index (χ1) is 9.90. The van der Waals surface area contributed by atoms with Crippen molar-refractivity contribution in [1.29, 1.82) is 0 Å². The van der Waals surface area contributed by atoms with Gasteiger partial charge in [-0.05, 0) is 30.3 Å². The molecule has 7 heteroatoms. The summed E-state index contributed by atoms with van der Waals surface area (Å²) in [5, 5.41) is 21.0. The smallest absolute Gasteiger partial charge is 0.340 e. The second-order valence-electron chi connectivity index (χ2n) is 4.08. The van der Waals surface area contributed by atoms with Crippen LogP contribution in [0.2, 0.25) is 5.02 Å². The van der Waals surface area contributed by atoms with E-state index in [1.807, 2.05) is 0 Å². The molecule has 2 aromatic carbocycles. The number of carbonyl (C=O) groups is 2. The van der Waals surface area contributed by atoms with E-state index < -0.39 is 23.3 Å². The number of anilines is 1. The van der Waals surface area contributed by atoms with Crippen molar-refractivity contribution < 1.29 is 24.2 Å². The van der Waals surface area contributed by atoms with Crippen LogP contribution in [-0.2, 0) is 0 Å². The topological polar surface area (TPSA) is 86.6 Å². The van der Waals surface area contributed by atoms with Gasteiger partial charge in [-0.25, -0.2) is 9.18 Å². The van der Waals surface area contributed by atoms with Crippen LogP contribution in [0, 0.1) is 5.82 Å². The lowest BCUT2D eigenvalue weighted by Crippen LogP contribution is -2.16. The number of halogens is 2. The second kappa shape index (κ2) is 5.80. The first-order valence-electron chi connectivity index (χ1n) is 5.72. The molecule has 0 fully saturated rings. The van der Waals surface area contributed by atoms with Crippen molar-refractivity contribution in [1.82, 2.24) is 0 Å². The standard InChI is InChI=1S/C14H9ClFNO4/c15-7-4-5-11(18)8(6-7)13(19)17-10-3-1-2-9(16)12(10)14(20)21/h1-6,18H,(H,17,19)(H,20,21). The molecule has 3 N–H and O–H groups in total. The summed E-state index contributed by atoms with van der Waals surface area (Å²) in [5.41, 5.74) is -1.03. The molecule has 0 unspecified atom stereocenters. The third kappa shape index (κ3) is 3.11. The van der Waals surface area contributed by atoms with Crippen LogP contribution >= 0.6 is 11.6 Å². The molecule has 0 radical (unpaired) electrons. The van der Waals surface area contributed by atoms with Crippen molar-refractivity contribution in [3.8, 4) is 5.75 Å². The molecular weight excluding hydrogens is 301 g/mol. The Bertz CT molecular complexity index is 733. The number of hydrogen-bond acceptors (Lipinski definition) is 3. The molecule has 5 nitrogen and oxygen atoms in total. The second-order valence-corrected chi connectivity index (χ2v) is 4.52. The number of phenolic OH excluding ortho intramolecular Hbond substituents is 1. The Kier molecular flexibility index (Phi) is 4.09. The van der Waals surface area contributed by atoms with E-state index in [0.717, 1.165) is 6.07 Å². The first-order valence-corrected chi connectivity index (χ1v) is 6.09. The quantitative estimate of drug-likeness (QED) is 0.813. The number of carboxylic acids is 1. The Balaban J connectivity index is 2.39. The number of aromatic hydroxyl groups is 1. The highest BCUT2D eigenvalue weighted by atomic mass is 35.5. The van der Waals surface area contributed by atoms with Crippen LogP contribution in [0.5, 0.6) is 5.75 Å². The summed E-state index contributed by atoms with van der Waals surface area (Å²) < 4.78 is 13.5. The van der Waals surface area contributed by atoms with Crippen LogP contribution in [0.4, 0.5) is 10.1 Å². The van der Waals surface area contributed by atoms with Gasteiger partial charge in [0.1, 0.15) is 17.1 Å². The summed E-state index contributed by atoms with van der Waals surface area (Å²) in [5.74, 6) is -3.62. The van der Waals surface area contributed by atoms with Gasteiger partial charge in [0.05, 0.1) is 11.3 Å². The molecule has 2 rings (SSSR count). The Labute approximate surface area is 123 Å². The maximum atomic E-state index is 13.5. The number of benzene rings is 2. The Morgan fingerprint density at radius 3 is 2.57 bits per heavy atom. The lowest BCUT2D eigenvalue weighted by atomic mass is 10.1. The minimum atomic E-state index is -1.52. The third-order valence-electron chi connectivity index (χ3n) is 2.68. The predicted molar refractivity (Wildman–Crippen MR) is 74.4 cm³/mol. The fraction of sp³-hybridized carbons (Fsp3) is 0. The highest BCUT2D eigenvalue weighted by Gasteiger charge is 2.19. The average Bonchev–Trinajstić information content (AvgIpc) is 2.41. The lowest BCUT2D eigenvalue weighted by Gasteiger charge is -2.10. The van der Waals surface area contributed by atoms with Gasteiger partial charge in [0.25, 0.3) is 5.91 Å². The normalized spacial score (nSPS) is 10.2. The number of aromatic carboxylic acids is 1. The number of hydrogen-bond donors (Lipinski definition) is 3. The molecule has 0 aliphatic heterocycles. The lowest BCUT2D eigenvalue weighted by molar-refractivity contribution is 0.0693. The Hall–Kier alpha value is -2.60. The third-order valence-corrected chi connectivity index (χ3v) is 2.91. The number of phenols is 1. The maximum Gasteiger partial charge on any atom is 0.340 e. The van der Waals surface area contributed by atoms with E-state index in [0.29, 0.717) is 0 Å². The maximum absolute atomic E-state index is 13.5. The highest BCUT2D eigenvalue weighted by Crippen LogP contribution is 2.24. The van der Waals surface area contributed by atoms with Gasteiger partial charge in [0.15, 0.2) is 0 Å². The minimum Gasteiger partial charge on any atom is -0.507 e. The van der Waals surface area contributed by atoms with Gasteiger partial charge < -0.3 is 15.5 Å². The molecule has 0 bridgehead atoms. The predicted octanol–water partition coefficient (Wildman–Crippen LogP) is 3.14. The van der Waals surface area contributed by atoms with Crippen molar-refractivity contribution in [2.75, 3.05) is 5.32 Å². The summed E-state index contributed by atoms with van der Waals surface area (Å²) in [7, 11) is 0. The molecule has 0 spiro atoms. The minimum absolute atomic E-state index is 0.150. The number of nitrogens with one attached hydrogen (secondary N) is 1. The first kappa shape index (κ1) is 14.8. The van der Waals surface area contributed by atoms with Crippen LogP contribution in [0.1, 0.15) is 20.7 Å². The molecule has 1 amide bonds. The molecule has 0 aliphatic carbocycles. The molecule has 21 heavy (non-hydrogen) atoms. The van der Waals surface area contributed by atoms with Crippen molar-refractivity contribution >= 4 is 29.2 Å². The summed E-state index contributed by atoms with van der Waals surface area (Å²) in [6.45, 7) is 0. The molecule has 0 aliphatic rings. The Morgan fingerprint density at radius 2 is 1.90 bits per heavy atom. The van der Waals surface area contributed by atoms with Gasteiger partial charge in [0.2, 0.25) is 0 Å². The van der Waals surface area contributed by atoms with Crippen LogP contribution in [0.3, 0.4) is 0 Å². The molecule has 2 aromatic rings. The average molecular weight is 310 g/mol. The monoisotopic (exact) mass is 309 g/mol. The molecular formula is C14H9ClFNO4. The molecule has 0 aromatic heterocycles. The van der Waals surface area contributed by atoms with Crippen molar-refractivity contribution in [3.05, 3.63) is 58.4 Å². The summed E-state index contributed by atoms with van der Waals surface area (Å²) >= 11 is 5.73. The molecule has 0 atom stereocenters. The summed E-state index contributed by atoms with van der Waals surface area (Å²) in [6.07, 6.45) is 0. The zero-order valence-corrected chi connectivity index (χ0v) is 11.2. The van der Waals surface area contributed by atoms with Gasteiger partial charge >= 0.3 is 5.97 Å². The molecule has 0 saturated carbocycles. The van der Waals surface area contributed by atoms with Crippen LogP contribution < -0.4 is 5.32 Å². The molecule has 108 valence electrons. The summed E-state index contributed by atoms with van der Waals surface area (Å²) in [6, 6.07) is 7.29. The van der Waals surface area contributed by atoms with Crippen molar-refractivity contribution in [3.63, 3.8) is 0 Å². The molecule has 0 saturated heterocycles. The largest absolute Gasteiger partial charge is 0.507 e. The fourth-order valence-corrected chi connectivity index (χ4v) is 1.90. The highest BCUT2D eigenvalue weighted by molar-refractivity contribution is 6.31. The van der Waals surface area contributed by atoms with E-state index in [1.165, 1.54) is 30.3 Å². The zero-order chi connectivity index (χ0) is 15.6. The SMILES string of the molecule is O=C(Nc1cccc(F)c1C(=O)O)c1cc(Cl)ccc1O. The van der Waals surface area contributed by atoms with Gasteiger partial charge in [-0.2, -0.15) is 0 Å². The number of amides is 1. The van der Waals surface area contributed by atoms with Gasteiger partial charge in [-0.3, -0.25) is 4.79 Å². The summed E-state index contributed by atoms with van der Waals surface area (Å²) in [4.78, 5) is 23.0. The van der Waals surface area contributed by atoms with E-state index in [4.69, 9.17) is 16.7 Å². The fourth-order valence-electron chi connectivity index (χ4n) is 1.73. The van der Waals surface area contributed by atoms with Crippen LogP contribution in [-0.4, -0.2) is 22.1 Å². The number of carboxylic acid groups (broad SMARTS) is 1. The van der Waals surface area contributed by atoms with E-state index in [1.54, 1.807) is 0 Å². The van der Waals surface area contributed by atoms with E-state index in [2.05, 4.69) is 5.32 Å². The van der Waals surface area contributed by atoms with Gasteiger partial charge in [-0.1, -0.05) is 17.7 Å². The van der Waals surface area contributed by atoms with Crippen molar-refractivity contribution in [2.24, 2.45) is 0 Å². The van der Waals surface area contributed by atoms with E-state index in [-0.39, 0.29) is 22.0 Å². The van der Waals surface area contributed by atoms with E-state index >= 15 is 0 Å².